The molecule has 0 fully saturated rings. The molecule has 0 aromatic rings. The smallest absolute Gasteiger partial charge is 0.0173 e. The predicted molar refractivity (Wildman–Crippen MR) is 64.7 cm³/mol. The Kier molecular flexibility index (Phi) is 6.54. The fourth-order valence-corrected chi connectivity index (χ4v) is 3.48. The van der Waals surface area contributed by atoms with E-state index in [9.17, 15) is 0 Å². The summed E-state index contributed by atoms with van der Waals surface area (Å²) in [7, 11) is 29.4. The Morgan fingerprint density at radius 3 is 1.09 bits per heavy atom. The van der Waals surface area contributed by atoms with Crippen LogP contribution in [0, 0.1) is 0 Å². The highest BCUT2D eigenvalue weighted by atomic mass is 36.2. The molecule has 0 rings (SSSR count). The van der Waals surface area contributed by atoms with Gasteiger partial charge < -0.3 is 0 Å². The Hall–Kier alpha value is 2.44. The van der Waals surface area contributed by atoms with Crippen LogP contribution >= 0.6 is 79.4 Å². The summed E-state index contributed by atoms with van der Waals surface area (Å²) in [5.74, 6) is 0.997. The molecule has 11 heavy (non-hydrogen) atoms. The van der Waals surface area contributed by atoms with E-state index in [1.54, 1.807) is 0 Å². The van der Waals surface area contributed by atoms with Crippen LogP contribution in [0.2, 0.25) is 0 Å². The largest absolute Gasteiger partial charge is 0.0351 e. The molecule has 0 radical (unpaired) electrons. The minimum absolute atomic E-state index is 0.499. The molecule has 0 N–H and O–H groups in total. The lowest BCUT2D eigenvalue weighted by molar-refractivity contribution is 1.13. The third-order valence-corrected chi connectivity index (χ3v) is 5.03. The van der Waals surface area contributed by atoms with Crippen molar-refractivity contribution in [3.05, 3.63) is 0 Å². The second kappa shape index (κ2) is 5.35. The number of halogens is 6. The molecule has 0 unspecified atom stereocenters. The van der Waals surface area contributed by atoms with Crippen LogP contribution in [-0.4, -0.2) is 11.5 Å². The summed E-state index contributed by atoms with van der Waals surface area (Å²) in [4.78, 5) is 0. The normalized spacial score (nSPS) is 16.5. The Labute approximate surface area is 96.4 Å². The van der Waals surface area contributed by atoms with E-state index in [1.807, 2.05) is 0 Å². The average molecular weight is 319 g/mol. The van der Waals surface area contributed by atoms with Crippen molar-refractivity contribution >= 4 is 79.4 Å². The molecule has 0 saturated heterocycles. The Morgan fingerprint density at radius 2 is 0.909 bits per heavy atom. The Balaban J connectivity index is 3.44. The molecule has 8 heteroatoms. The van der Waals surface area contributed by atoms with Gasteiger partial charge in [0, 0.05) is 11.5 Å². The zero-order chi connectivity index (χ0) is 9.12. The zero-order valence-electron chi connectivity index (χ0n) is 5.21. The predicted octanol–water partition coefficient (Wildman–Crippen LogP) is 5.91. The zero-order valence-corrected chi connectivity index (χ0v) is 11.4. The lowest BCUT2D eigenvalue weighted by Gasteiger charge is -2.18. The topological polar surface area (TPSA) is 0 Å². The molecule has 0 heterocycles. The fraction of sp³-hybridized carbons (Fsp3) is 1.00. The molecule has 0 bridgehead atoms. The van der Waals surface area contributed by atoms with Crippen molar-refractivity contribution in [2.45, 2.75) is 6.42 Å². The van der Waals surface area contributed by atoms with Gasteiger partial charge in [-0.25, -0.2) is 0 Å². The van der Waals surface area contributed by atoms with Gasteiger partial charge in [-0.1, -0.05) is 0 Å². The minimum Gasteiger partial charge on any atom is -0.0351 e. The fourth-order valence-electron chi connectivity index (χ4n) is 0.386. The first-order chi connectivity index (χ1) is 4.71. The van der Waals surface area contributed by atoms with E-state index in [0.29, 0.717) is 17.9 Å². The second-order valence-corrected chi connectivity index (χ2v) is 16.9. The summed E-state index contributed by atoms with van der Waals surface area (Å²) in [5, 5.41) is 0. The summed E-state index contributed by atoms with van der Waals surface area (Å²) in [5.41, 5.74) is 0. The Bertz CT molecular complexity index is 100.0. The van der Waals surface area contributed by atoms with Crippen molar-refractivity contribution in [1.82, 2.24) is 0 Å². The molecular formula is C3H6Cl6S2. The SMILES string of the molecule is ClS(Cl)(Cl)CCCS(Cl)(Cl)Cl. The van der Waals surface area contributed by atoms with Crippen molar-refractivity contribution in [1.29, 1.82) is 0 Å². The second-order valence-electron chi connectivity index (χ2n) is 1.77. The van der Waals surface area contributed by atoms with Crippen LogP contribution in [0.1, 0.15) is 6.42 Å². The van der Waals surface area contributed by atoms with Crippen molar-refractivity contribution in [2.24, 2.45) is 0 Å². The molecule has 0 aliphatic carbocycles. The summed E-state index contributed by atoms with van der Waals surface area (Å²) in [6.45, 7) is 0. The maximum atomic E-state index is 5.56. The molecule has 0 spiro atoms. The van der Waals surface area contributed by atoms with Crippen LogP contribution in [0.4, 0.5) is 0 Å². The van der Waals surface area contributed by atoms with E-state index in [1.165, 1.54) is 0 Å². The first-order valence-corrected chi connectivity index (χ1v) is 11.1. The molecular weight excluding hydrogens is 313 g/mol. The van der Waals surface area contributed by atoms with Crippen molar-refractivity contribution in [3.8, 4) is 0 Å². The van der Waals surface area contributed by atoms with Gasteiger partial charge in [-0.2, -0.15) is 0 Å². The van der Waals surface area contributed by atoms with E-state index in [4.69, 9.17) is 64.1 Å². The van der Waals surface area contributed by atoms with E-state index in [2.05, 4.69) is 0 Å². The van der Waals surface area contributed by atoms with Crippen LogP contribution < -0.4 is 0 Å². The van der Waals surface area contributed by atoms with Crippen LogP contribution in [0.25, 0.3) is 0 Å². The lowest BCUT2D eigenvalue weighted by Crippen LogP contribution is -1.90. The molecule has 0 amide bonds. The molecule has 0 nitrogen and oxygen atoms in total. The monoisotopic (exact) mass is 316 g/mol. The molecule has 0 aromatic heterocycles. The third-order valence-electron chi connectivity index (χ3n) is 0.752. The number of hydrogen-bond acceptors (Lipinski definition) is 0. The van der Waals surface area contributed by atoms with E-state index >= 15 is 0 Å². The van der Waals surface area contributed by atoms with E-state index in [-0.39, 0.29) is 0 Å². The third kappa shape index (κ3) is 12.4. The minimum atomic E-state index is -1.99. The standard InChI is InChI=1S/C3H6Cl6S2/c4-10(5,6)2-1-3-11(7,8)9/h1-3H2. The molecule has 0 aromatic carbocycles. The van der Waals surface area contributed by atoms with Crippen LogP contribution in [0.5, 0.6) is 0 Å². The highest BCUT2D eigenvalue weighted by Gasteiger charge is 2.17. The van der Waals surface area contributed by atoms with Crippen molar-refractivity contribution < 1.29 is 0 Å². The van der Waals surface area contributed by atoms with Crippen LogP contribution in [-0.2, 0) is 0 Å². The van der Waals surface area contributed by atoms with Gasteiger partial charge in [0.2, 0.25) is 0 Å². The van der Waals surface area contributed by atoms with Gasteiger partial charge in [0.15, 0.2) is 0 Å². The number of hydrogen-bond donors (Lipinski definition) is 0. The van der Waals surface area contributed by atoms with E-state index < -0.39 is 15.3 Å². The van der Waals surface area contributed by atoms with Gasteiger partial charge in [0.1, 0.15) is 0 Å². The van der Waals surface area contributed by atoms with Gasteiger partial charge in [-0.05, 0) is 85.9 Å². The molecule has 0 aliphatic rings. The van der Waals surface area contributed by atoms with Crippen molar-refractivity contribution in [2.75, 3.05) is 11.5 Å². The maximum absolute atomic E-state index is 5.56. The molecule has 0 aliphatic heterocycles. The van der Waals surface area contributed by atoms with Gasteiger partial charge in [-0.3, -0.25) is 0 Å². The lowest BCUT2D eigenvalue weighted by atomic mass is 10.6. The summed E-state index contributed by atoms with van der Waals surface area (Å²) in [6, 6.07) is 0. The van der Waals surface area contributed by atoms with Gasteiger partial charge in [0.25, 0.3) is 0 Å². The van der Waals surface area contributed by atoms with Gasteiger partial charge in [0.05, 0.1) is 0 Å². The van der Waals surface area contributed by atoms with Crippen molar-refractivity contribution in [3.63, 3.8) is 0 Å². The summed E-state index contributed by atoms with van der Waals surface area (Å²) < 4.78 is 0. The molecule has 0 atom stereocenters. The average Bonchev–Trinajstić information content (AvgIpc) is 1.55. The first kappa shape index (κ1) is 13.4. The van der Waals surface area contributed by atoms with Gasteiger partial charge in [-0.15, -0.1) is 0 Å². The molecule has 72 valence electrons. The van der Waals surface area contributed by atoms with E-state index in [0.717, 1.165) is 0 Å². The van der Waals surface area contributed by atoms with Gasteiger partial charge >= 0.3 is 0 Å². The molecule has 0 saturated carbocycles. The highest BCUT2D eigenvalue weighted by molar-refractivity contribution is 8.79. The quantitative estimate of drug-likeness (QED) is 0.604. The highest BCUT2D eigenvalue weighted by Crippen LogP contribution is 2.66. The van der Waals surface area contributed by atoms with Crippen LogP contribution in [0.3, 0.4) is 0 Å². The maximum Gasteiger partial charge on any atom is 0.0173 e. The number of rotatable bonds is 4. The Morgan fingerprint density at radius 1 is 0.636 bits per heavy atom. The summed E-state index contributed by atoms with van der Waals surface area (Å²) >= 11 is 0. The van der Waals surface area contributed by atoms with Crippen LogP contribution in [0.15, 0.2) is 0 Å². The summed E-state index contributed by atoms with van der Waals surface area (Å²) in [6.07, 6.45) is 0.650. The first-order valence-electron chi connectivity index (χ1n) is 2.50.